The summed E-state index contributed by atoms with van der Waals surface area (Å²) in [5.41, 5.74) is 6.66. The molecule has 11 nitrogen and oxygen atoms in total. The Bertz CT molecular complexity index is 1200. The average molecular weight is 565 g/mol. The zero-order chi connectivity index (χ0) is 24.5. The molecule has 0 saturated carbocycles. The number of imidazole rings is 1. The smallest absolute Gasteiger partial charge is 0.253 e. The second-order valence-electron chi connectivity index (χ2n) is 8.50. The van der Waals surface area contributed by atoms with Crippen molar-refractivity contribution < 1.29 is 24.5 Å². The van der Waals surface area contributed by atoms with Crippen LogP contribution >= 0.6 is 27.7 Å². The number of aliphatic hydroxyl groups is 2. The first-order valence-electron chi connectivity index (χ1n) is 11.3. The van der Waals surface area contributed by atoms with Crippen LogP contribution in [0.4, 0.5) is 5.82 Å². The summed E-state index contributed by atoms with van der Waals surface area (Å²) in [5, 5.41) is 19.1. The van der Waals surface area contributed by atoms with Crippen molar-refractivity contribution in [1.29, 1.82) is 0 Å². The number of likely N-dealkylation sites (tertiary alicyclic amines) is 1. The van der Waals surface area contributed by atoms with Crippen molar-refractivity contribution in [3.8, 4) is 23.0 Å². The summed E-state index contributed by atoms with van der Waals surface area (Å²) in [6.45, 7) is 1.49. The monoisotopic (exact) mass is 564 g/mol. The molecule has 4 N–H and O–H groups in total. The van der Waals surface area contributed by atoms with Gasteiger partial charge < -0.3 is 34.9 Å². The molecule has 0 unspecified atom stereocenters. The molecule has 186 valence electrons. The summed E-state index contributed by atoms with van der Waals surface area (Å²) in [7, 11) is 0. The number of carbonyl (C=O) groups excluding carboxylic acids is 1. The van der Waals surface area contributed by atoms with E-state index >= 15 is 0 Å². The second kappa shape index (κ2) is 10.2. The maximum atomic E-state index is 12.1. The lowest BCUT2D eigenvalue weighted by molar-refractivity contribution is -0.143. The zero-order valence-corrected chi connectivity index (χ0v) is 21.2. The maximum absolute atomic E-state index is 12.1. The molecule has 0 spiro atoms. The number of rotatable bonds is 7. The van der Waals surface area contributed by atoms with E-state index in [0.29, 0.717) is 59.5 Å². The fourth-order valence-corrected chi connectivity index (χ4v) is 5.62. The minimum atomic E-state index is -1.34. The number of aromatic nitrogens is 4. The molecule has 35 heavy (non-hydrogen) atoms. The summed E-state index contributed by atoms with van der Waals surface area (Å²) < 4.78 is 13.7. The van der Waals surface area contributed by atoms with Crippen molar-refractivity contribution in [2.45, 2.75) is 42.0 Å². The first-order valence-corrected chi connectivity index (χ1v) is 12.9. The molecule has 0 aromatic heterocycles. The Kier molecular flexibility index (Phi) is 7.00. The highest BCUT2D eigenvalue weighted by molar-refractivity contribution is 9.10. The van der Waals surface area contributed by atoms with Crippen LogP contribution in [0.1, 0.15) is 19.3 Å². The summed E-state index contributed by atoms with van der Waals surface area (Å²) in [6, 6.07) is 3.76. The van der Waals surface area contributed by atoms with Crippen LogP contribution in [0, 0.1) is 5.92 Å². The largest absolute Gasteiger partial charge is 0.454 e. The number of hydrogen-bond acceptors (Lipinski definition) is 10. The first kappa shape index (κ1) is 24.1. The molecule has 4 heterocycles. The van der Waals surface area contributed by atoms with E-state index in [4.69, 9.17) is 25.3 Å². The van der Waals surface area contributed by atoms with Crippen molar-refractivity contribution in [2.24, 2.45) is 5.92 Å². The fourth-order valence-electron chi connectivity index (χ4n) is 4.27. The Labute approximate surface area is 214 Å². The van der Waals surface area contributed by atoms with Crippen LogP contribution in [0.25, 0.3) is 11.5 Å². The SMILES string of the molecule is Nc1ncn(CCC2CCN(C(=O)[C@@H](O)CO)CC2)c2nc(Sc3cc4c(cc3Br)OCO4)nc1-2. The van der Waals surface area contributed by atoms with Crippen molar-refractivity contribution in [1.82, 2.24) is 24.4 Å². The second-order valence-corrected chi connectivity index (χ2v) is 10.4. The van der Waals surface area contributed by atoms with E-state index in [1.54, 1.807) is 11.2 Å². The number of aliphatic hydroxyl groups excluding tert-OH is 2. The van der Waals surface area contributed by atoms with Crippen molar-refractivity contribution in [3.05, 3.63) is 22.9 Å². The van der Waals surface area contributed by atoms with Crippen LogP contribution < -0.4 is 15.2 Å². The minimum Gasteiger partial charge on any atom is -0.454 e. The van der Waals surface area contributed by atoms with Crippen LogP contribution in [0.5, 0.6) is 11.5 Å². The van der Waals surface area contributed by atoms with Gasteiger partial charge in [-0.1, -0.05) is 0 Å². The molecule has 13 heteroatoms. The van der Waals surface area contributed by atoms with Gasteiger partial charge in [-0.3, -0.25) is 4.79 Å². The Morgan fingerprint density at radius 2 is 2.00 bits per heavy atom. The number of benzene rings is 1. The van der Waals surface area contributed by atoms with Crippen LogP contribution in [0.3, 0.4) is 0 Å². The third-order valence-corrected chi connectivity index (χ3v) is 8.10. The quantitative estimate of drug-likeness (QED) is 0.388. The number of piperidine rings is 1. The molecule has 1 aromatic rings. The molecule has 1 amide bonds. The normalized spacial score (nSPS) is 16.7. The molecule has 0 radical (unpaired) electrons. The van der Waals surface area contributed by atoms with Gasteiger partial charge in [-0.05, 0) is 65.0 Å². The van der Waals surface area contributed by atoms with Crippen molar-refractivity contribution in [2.75, 3.05) is 32.2 Å². The molecule has 1 aromatic carbocycles. The first-order chi connectivity index (χ1) is 16.9. The van der Waals surface area contributed by atoms with E-state index in [1.807, 2.05) is 16.7 Å². The van der Waals surface area contributed by atoms with Gasteiger partial charge in [0.05, 0.1) is 12.9 Å². The number of halogens is 1. The molecular formula is C22H25BrN6O5S. The molecule has 4 aliphatic rings. The number of fused-ring (bicyclic) bond motifs is 2. The lowest BCUT2D eigenvalue weighted by Crippen LogP contribution is -2.45. The third-order valence-electron chi connectivity index (χ3n) is 6.26. The highest BCUT2D eigenvalue weighted by Crippen LogP contribution is 2.43. The van der Waals surface area contributed by atoms with Gasteiger partial charge in [-0.25, -0.2) is 15.0 Å². The number of aryl methyl sites for hydroxylation is 1. The predicted octanol–water partition coefficient (Wildman–Crippen LogP) is 1.98. The number of amides is 1. The van der Waals surface area contributed by atoms with Gasteiger partial charge in [0, 0.05) is 29.0 Å². The fraction of sp³-hybridized carbons (Fsp3) is 0.455. The van der Waals surface area contributed by atoms with E-state index < -0.39 is 18.6 Å². The lowest BCUT2D eigenvalue weighted by Gasteiger charge is -2.33. The molecule has 1 atom stereocenters. The van der Waals surface area contributed by atoms with Gasteiger partial charge in [-0.15, -0.1) is 0 Å². The highest BCUT2D eigenvalue weighted by Gasteiger charge is 2.27. The Hall–Kier alpha value is -2.61. The molecular weight excluding hydrogens is 540 g/mol. The summed E-state index contributed by atoms with van der Waals surface area (Å²) in [6.07, 6.45) is 2.91. The number of carbonyl (C=O) groups is 1. The highest BCUT2D eigenvalue weighted by atomic mass is 79.9. The van der Waals surface area contributed by atoms with Crippen LogP contribution in [0.2, 0.25) is 0 Å². The number of nitrogens with zero attached hydrogens (tertiary/aromatic N) is 5. The van der Waals surface area contributed by atoms with E-state index in [0.717, 1.165) is 28.6 Å². The van der Waals surface area contributed by atoms with Gasteiger partial charge >= 0.3 is 0 Å². The van der Waals surface area contributed by atoms with Gasteiger partial charge in [0.15, 0.2) is 40.1 Å². The molecule has 4 aliphatic heterocycles. The lowest BCUT2D eigenvalue weighted by atomic mass is 9.93. The van der Waals surface area contributed by atoms with Crippen LogP contribution in [-0.4, -0.2) is 73.1 Å². The molecule has 0 aliphatic carbocycles. The summed E-state index contributed by atoms with van der Waals surface area (Å²) in [5.74, 6) is 2.40. The minimum absolute atomic E-state index is 0.203. The summed E-state index contributed by atoms with van der Waals surface area (Å²) >= 11 is 4.97. The number of nitrogens with two attached hydrogens (primary N) is 1. The number of anilines is 1. The predicted molar refractivity (Wildman–Crippen MR) is 130 cm³/mol. The van der Waals surface area contributed by atoms with E-state index in [2.05, 4.69) is 25.9 Å². The maximum Gasteiger partial charge on any atom is 0.253 e. The average Bonchev–Trinajstić information content (AvgIpc) is 3.50. The Morgan fingerprint density at radius 3 is 2.74 bits per heavy atom. The standard InChI is InChI=1S/C22H25BrN6O5S/c23-13-7-15-16(34-11-33-15)8-17(13)35-22-26-18-19(24)25-10-29(20(18)27-22)6-3-12-1-4-28(5-2-12)21(32)14(31)9-30/h7-8,10,12,14,30-31H,1-6,9,11,24H2/t14-/m0/s1. The number of nitrogen functional groups attached to an aromatic ring is 1. The number of hydrogen-bond donors (Lipinski definition) is 3. The van der Waals surface area contributed by atoms with Crippen molar-refractivity contribution >= 4 is 39.4 Å². The topological polar surface area (TPSA) is 149 Å². The van der Waals surface area contributed by atoms with Crippen LogP contribution in [-0.2, 0) is 11.3 Å². The molecule has 1 fully saturated rings. The van der Waals surface area contributed by atoms with E-state index in [9.17, 15) is 9.90 Å². The molecule has 0 bridgehead atoms. The third kappa shape index (κ3) is 5.03. The van der Waals surface area contributed by atoms with Gasteiger partial charge in [0.25, 0.3) is 5.91 Å². The molecule has 1 saturated heterocycles. The van der Waals surface area contributed by atoms with E-state index in [-0.39, 0.29) is 6.79 Å². The van der Waals surface area contributed by atoms with Gasteiger partial charge in [-0.2, -0.15) is 0 Å². The van der Waals surface area contributed by atoms with Crippen molar-refractivity contribution in [3.63, 3.8) is 0 Å². The van der Waals surface area contributed by atoms with Crippen LogP contribution in [0.15, 0.2) is 33.0 Å². The Morgan fingerprint density at radius 1 is 1.26 bits per heavy atom. The number of ether oxygens (including phenoxy) is 2. The van der Waals surface area contributed by atoms with Gasteiger partial charge in [0.2, 0.25) is 6.79 Å². The summed E-state index contributed by atoms with van der Waals surface area (Å²) in [4.78, 5) is 28.2. The molecule has 5 rings (SSSR count). The zero-order valence-electron chi connectivity index (χ0n) is 18.8. The van der Waals surface area contributed by atoms with E-state index in [1.165, 1.54) is 11.8 Å². The van der Waals surface area contributed by atoms with Gasteiger partial charge in [0.1, 0.15) is 0 Å². The Balaban J connectivity index is 1.26.